The van der Waals surface area contributed by atoms with E-state index in [0.717, 1.165) is 0 Å². The van der Waals surface area contributed by atoms with Gasteiger partial charge >= 0.3 is 5.97 Å². The summed E-state index contributed by atoms with van der Waals surface area (Å²) in [5, 5.41) is 9.66. The van der Waals surface area contributed by atoms with E-state index in [2.05, 4.69) is 4.98 Å². The molecule has 0 saturated heterocycles. The van der Waals surface area contributed by atoms with Crippen molar-refractivity contribution in [3.63, 3.8) is 0 Å². The molecule has 2 N–H and O–H groups in total. The summed E-state index contributed by atoms with van der Waals surface area (Å²) < 4.78 is 0. The highest BCUT2D eigenvalue weighted by Gasteiger charge is 2.09. The predicted octanol–water partition coefficient (Wildman–Crippen LogP) is 2.46. The Morgan fingerprint density at radius 3 is 2.65 bits per heavy atom. The van der Waals surface area contributed by atoms with Gasteiger partial charge in [0.2, 0.25) is 0 Å². The van der Waals surface area contributed by atoms with Crippen LogP contribution in [0.2, 0.25) is 10.0 Å². The van der Waals surface area contributed by atoms with Crippen LogP contribution in [0.4, 0.5) is 0 Å². The monoisotopic (exact) mass is 271 g/mol. The van der Waals surface area contributed by atoms with E-state index in [9.17, 15) is 9.59 Å². The number of hydrogen-bond donors (Lipinski definition) is 2. The largest absolute Gasteiger partial charge is 0.481 e. The number of pyridine rings is 1. The summed E-state index contributed by atoms with van der Waals surface area (Å²) in [6.07, 6.45) is -0.260. The first-order chi connectivity index (χ1) is 7.97. The lowest BCUT2D eigenvalue weighted by molar-refractivity contribution is -0.136. The second kappa shape index (κ2) is 4.39. The number of nitrogens with one attached hydrogen (secondary N) is 1. The Hall–Kier alpha value is -1.52. The standard InChI is InChI=1S/C11H7Cl2NO3/c12-5-1-7-9(15)3-6(4-10(16)17)14-11(7)8(13)2-5/h1-3H,4H2,(H,14,15)(H,16,17). The third kappa shape index (κ3) is 2.43. The molecule has 0 aliphatic heterocycles. The van der Waals surface area contributed by atoms with Gasteiger partial charge in [-0.15, -0.1) is 0 Å². The van der Waals surface area contributed by atoms with Crippen LogP contribution in [0.1, 0.15) is 5.69 Å². The molecule has 0 fully saturated rings. The van der Waals surface area contributed by atoms with Crippen LogP contribution in [0.25, 0.3) is 10.9 Å². The zero-order chi connectivity index (χ0) is 12.6. The number of carboxylic acids is 1. The molecule has 1 aromatic carbocycles. The number of fused-ring (bicyclic) bond motifs is 1. The minimum Gasteiger partial charge on any atom is -0.481 e. The summed E-state index contributed by atoms with van der Waals surface area (Å²) >= 11 is 11.7. The first-order valence-corrected chi connectivity index (χ1v) is 5.45. The average molecular weight is 272 g/mol. The number of aromatic nitrogens is 1. The van der Waals surface area contributed by atoms with E-state index in [0.29, 0.717) is 21.6 Å². The lowest BCUT2D eigenvalue weighted by atomic mass is 10.1. The molecule has 17 heavy (non-hydrogen) atoms. The van der Waals surface area contributed by atoms with Crippen molar-refractivity contribution in [2.45, 2.75) is 6.42 Å². The molecule has 0 radical (unpaired) electrons. The zero-order valence-corrected chi connectivity index (χ0v) is 9.97. The van der Waals surface area contributed by atoms with Crippen LogP contribution in [0, 0.1) is 0 Å². The van der Waals surface area contributed by atoms with Gasteiger partial charge in [-0.25, -0.2) is 0 Å². The first kappa shape index (κ1) is 12.0. The lowest BCUT2D eigenvalue weighted by Crippen LogP contribution is -2.09. The molecule has 2 rings (SSSR count). The molecule has 1 heterocycles. The van der Waals surface area contributed by atoms with Crippen LogP contribution in [0.5, 0.6) is 0 Å². The van der Waals surface area contributed by atoms with Gasteiger partial charge in [0.05, 0.1) is 17.0 Å². The van der Waals surface area contributed by atoms with Crippen LogP contribution in [-0.4, -0.2) is 16.1 Å². The van der Waals surface area contributed by atoms with E-state index in [-0.39, 0.29) is 16.9 Å². The van der Waals surface area contributed by atoms with Crippen molar-refractivity contribution in [1.29, 1.82) is 0 Å². The van der Waals surface area contributed by atoms with Crippen molar-refractivity contribution >= 4 is 40.1 Å². The van der Waals surface area contributed by atoms with Gasteiger partial charge in [-0.2, -0.15) is 0 Å². The van der Waals surface area contributed by atoms with Crippen LogP contribution < -0.4 is 5.43 Å². The van der Waals surface area contributed by atoms with E-state index in [1.165, 1.54) is 18.2 Å². The smallest absolute Gasteiger partial charge is 0.309 e. The van der Waals surface area contributed by atoms with E-state index >= 15 is 0 Å². The van der Waals surface area contributed by atoms with Gasteiger partial charge in [-0.05, 0) is 12.1 Å². The van der Waals surface area contributed by atoms with Gasteiger partial charge in [-0.1, -0.05) is 23.2 Å². The molecule has 6 heteroatoms. The highest BCUT2D eigenvalue weighted by atomic mass is 35.5. The van der Waals surface area contributed by atoms with Crippen molar-refractivity contribution in [3.05, 3.63) is 44.2 Å². The topological polar surface area (TPSA) is 70.2 Å². The van der Waals surface area contributed by atoms with Gasteiger partial charge < -0.3 is 10.1 Å². The maximum Gasteiger partial charge on any atom is 0.309 e. The molecule has 0 aliphatic rings. The molecule has 0 saturated carbocycles. The molecule has 88 valence electrons. The fourth-order valence-corrected chi connectivity index (χ4v) is 2.13. The van der Waals surface area contributed by atoms with Crippen LogP contribution in [0.3, 0.4) is 0 Å². The third-order valence-corrected chi connectivity index (χ3v) is 2.77. The van der Waals surface area contributed by atoms with Gasteiger partial charge in [0, 0.05) is 22.2 Å². The molecule has 0 spiro atoms. The fraction of sp³-hybridized carbons (Fsp3) is 0.0909. The number of hydrogen-bond acceptors (Lipinski definition) is 2. The Bertz CT molecular complexity index is 664. The van der Waals surface area contributed by atoms with Crippen molar-refractivity contribution in [2.24, 2.45) is 0 Å². The second-order valence-corrected chi connectivity index (χ2v) is 4.38. The van der Waals surface area contributed by atoms with Gasteiger partial charge in [0.1, 0.15) is 0 Å². The number of carboxylic acid groups (broad SMARTS) is 1. The Labute approximate surface area is 106 Å². The fourth-order valence-electron chi connectivity index (χ4n) is 1.59. The molecular weight excluding hydrogens is 265 g/mol. The highest BCUT2D eigenvalue weighted by molar-refractivity contribution is 6.38. The Balaban J connectivity index is 2.73. The molecule has 0 bridgehead atoms. The molecule has 4 nitrogen and oxygen atoms in total. The normalized spacial score (nSPS) is 10.7. The summed E-state index contributed by atoms with van der Waals surface area (Å²) in [4.78, 5) is 25.2. The lowest BCUT2D eigenvalue weighted by Gasteiger charge is -2.04. The Kier molecular flexibility index (Phi) is 3.09. The zero-order valence-electron chi connectivity index (χ0n) is 8.46. The highest BCUT2D eigenvalue weighted by Crippen LogP contribution is 2.24. The maximum absolute atomic E-state index is 11.8. The molecule has 2 aromatic rings. The van der Waals surface area contributed by atoms with Crippen molar-refractivity contribution in [1.82, 2.24) is 4.98 Å². The van der Waals surface area contributed by atoms with Crippen molar-refractivity contribution in [3.8, 4) is 0 Å². The van der Waals surface area contributed by atoms with Crippen LogP contribution >= 0.6 is 23.2 Å². The summed E-state index contributed by atoms with van der Waals surface area (Å²) in [5.41, 5.74) is 0.401. The van der Waals surface area contributed by atoms with E-state index in [1.807, 2.05) is 0 Å². The first-order valence-electron chi connectivity index (χ1n) is 4.70. The maximum atomic E-state index is 11.8. The molecule has 0 amide bonds. The number of carbonyl (C=O) groups is 1. The number of aromatic amines is 1. The van der Waals surface area contributed by atoms with Crippen molar-refractivity contribution < 1.29 is 9.90 Å². The van der Waals surface area contributed by atoms with E-state index < -0.39 is 5.97 Å². The van der Waals surface area contributed by atoms with Crippen molar-refractivity contribution in [2.75, 3.05) is 0 Å². The van der Waals surface area contributed by atoms with E-state index in [1.54, 1.807) is 0 Å². The summed E-state index contributed by atoms with van der Waals surface area (Å²) in [7, 11) is 0. The Morgan fingerprint density at radius 2 is 2.00 bits per heavy atom. The Morgan fingerprint density at radius 1 is 1.29 bits per heavy atom. The molecular formula is C11H7Cl2NO3. The second-order valence-electron chi connectivity index (χ2n) is 3.54. The molecule has 1 aromatic heterocycles. The summed E-state index contributed by atoms with van der Waals surface area (Å²) in [5.74, 6) is -1.02. The SMILES string of the molecule is O=C(O)Cc1cc(=O)c2cc(Cl)cc(Cl)c2[nH]1. The number of halogens is 2. The van der Waals surface area contributed by atoms with Gasteiger partial charge in [-0.3, -0.25) is 9.59 Å². The predicted molar refractivity (Wildman–Crippen MR) is 65.9 cm³/mol. The van der Waals surface area contributed by atoms with Gasteiger partial charge in [0.15, 0.2) is 5.43 Å². The van der Waals surface area contributed by atoms with E-state index in [4.69, 9.17) is 28.3 Å². The number of benzene rings is 1. The van der Waals surface area contributed by atoms with Crippen LogP contribution in [-0.2, 0) is 11.2 Å². The number of H-pyrrole nitrogens is 1. The minimum absolute atomic E-state index is 0.260. The quantitative estimate of drug-likeness (QED) is 0.882. The molecule has 0 aliphatic carbocycles. The minimum atomic E-state index is -1.02. The number of aliphatic carboxylic acids is 1. The third-order valence-electron chi connectivity index (χ3n) is 2.25. The summed E-state index contributed by atoms with van der Waals surface area (Å²) in [6.45, 7) is 0. The molecule has 0 atom stereocenters. The average Bonchev–Trinajstić information content (AvgIpc) is 2.19. The molecule has 0 unspecified atom stereocenters. The van der Waals surface area contributed by atoms with Crippen LogP contribution in [0.15, 0.2) is 23.0 Å². The van der Waals surface area contributed by atoms with Gasteiger partial charge in [0.25, 0.3) is 0 Å². The summed E-state index contributed by atoms with van der Waals surface area (Å²) in [6, 6.07) is 4.22. The number of rotatable bonds is 2.